The fraction of sp³-hybridized carbons (Fsp3) is 1.00. The van der Waals surface area contributed by atoms with Gasteiger partial charge in [0.1, 0.15) is 0 Å². The summed E-state index contributed by atoms with van der Waals surface area (Å²) in [5.41, 5.74) is 0. The van der Waals surface area contributed by atoms with E-state index in [0.717, 1.165) is 58.9 Å². The maximum atomic E-state index is 5.46. The van der Waals surface area contributed by atoms with Crippen molar-refractivity contribution in [3.8, 4) is 0 Å². The lowest BCUT2D eigenvalue weighted by Crippen LogP contribution is -2.12. The summed E-state index contributed by atoms with van der Waals surface area (Å²) < 4.78 is 27.1. The number of hydrogen-bond acceptors (Lipinski definition) is 5. The van der Waals surface area contributed by atoms with Crippen molar-refractivity contribution in [2.45, 2.75) is 19.3 Å². The Morgan fingerprint density at radius 2 is 0.500 bits per heavy atom. The number of ether oxygens (including phenoxy) is 5. The van der Waals surface area contributed by atoms with Crippen LogP contribution in [0.3, 0.4) is 0 Å². The van der Waals surface area contributed by atoms with Crippen molar-refractivity contribution >= 4 is 0 Å². The van der Waals surface area contributed by atoms with E-state index in [9.17, 15) is 0 Å². The highest BCUT2D eigenvalue weighted by Gasteiger charge is 1.95. The first kappa shape index (κ1) is 15.9. The number of rotatable bonds is 0. The summed E-state index contributed by atoms with van der Waals surface area (Å²) >= 11 is 0. The Morgan fingerprint density at radius 1 is 0.278 bits per heavy atom. The molecule has 0 aromatic heterocycles. The van der Waals surface area contributed by atoms with Gasteiger partial charge in [-0.05, 0) is 19.3 Å². The van der Waals surface area contributed by atoms with E-state index in [1.54, 1.807) is 0 Å². The Morgan fingerprint density at radius 3 is 0.778 bits per heavy atom. The van der Waals surface area contributed by atoms with Gasteiger partial charge in [0.2, 0.25) is 0 Å². The molecule has 0 N–H and O–H groups in total. The Labute approximate surface area is 110 Å². The second-order valence-corrected chi connectivity index (χ2v) is 4.12. The Kier molecular flexibility index (Phi) is 11.7. The summed E-state index contributed by atoms with van der Waals surface area (Å²) in [5.74, 6) is 0. The van der Waals surface area contributed by atoms with E-state index in [1.165, 1.54) is 0 Å². The van der Waals surface area contributed by atoms with Crippen LogP contribution in [0.15, 0.2) is 0 Å². The molecule has 0 aromatic rings. The van der Waals surface area contributed by atoms with Gasteiger partial charge in [0.25, 0.3) is 0 Å². The van der Waals surface area contributed by atoms with Crippen LogP contribution in [0.5, 0.6) is 0 Å². The monoisotopic (exact) mass is 262 g/mol. The lowest BCUT2D eigenvalue weighted by Gasteiger charge is -2.09. The van der Waals surface area contributed by atoms with Crippen molar-refractivity contribution in [3.63, 3.8) is 0 Å². The third-order valence-corrected chi connectivity index (χ3v) is 2.48. The van der Waals surface area contributed by atoms with Crippen molar-refractivity contribution in [2.75, 3.05) is 66.1 Å². The van der Waals surface area contributed by atoms with Gasteiger partial charge in [0.15, 0.2) is 0 Å². The second-order valence-electron chi connectivity index (χ2n) is 4.12. The van der Waals surface area contributed by atoms with Gasteiger partial charge in [-0.25, -0.2) is 0 Å². The largest absolute Gasteiger partial charge is 0.381 e. The van der Waals surface area contributed by atoms with Gasteiger partial charge >= 0.3 is 0 Å². The Bertz CT molecular complexity index is 90.4. The highest BCUT2D eigenvalue weighted by Crippen LogP contribution is 1.92. The quantitative estimate of drug-likeness (QED) is 0.657. The van der Waals surface area contributed by atoms with Crippen molar-refractivity contribution in [3.05, 3.63) is 0 Å². The molecule has 1 aliphatic heterocycles. The zero-order valence-corrected chi connectivity index (χ0v) is 11.2. The molecule has 0 unspecified atom stereocenters. The fourth-order valence-corrected chi connectivity index (χ4v) is 1.54. The molecule has 1 aliphatic rings. The van der Waals surface area contributed by atoms with Crippen LogP contribution in [-0.2, 0) is 23.7 Å². The molecule has 1 rings (SSSR count). The summed E-state index contributed by atoms with van der Waals surface area (Å²) in [6.07, 6.45) is 2.80. The van der Waals surface area contributed by atoms with Crippen LogP contribution in [0.4, 0.5) is 0 Å². The third kappa shape index (κ3) is 10.9. The molecule has 1 fully saturated rings. The first-order chi connectivity index (χ1) is 9.00. The van der Waals surface area contributed by atoms with Crippen LogP contribution in [0.1, 0.15) is 19.3 Å². The second kappa shape index (κ2) is 13.2. The molecule has 0 spiro atoms. The molecule has 5 nitrogen and oxygen atoms in total. The molecule has 0 saturated carbocycles. The molecule has 0 atom stereocenters. The van der Waals surface area contributed by atoms with E-state index in [2.05, 4.69) is 0 Å². The minimum absolute atomic E-state index is 0.657. The minimum Gasteiger partial charge on any atom is -0.381 e. The van der Waals surface area contributed by atoms with Crippen LogP contribution in [0.2, 0.25) is 0 Å². The van der Waals surface area contributed by atoms with Gasteiger partial charge in [-0.3, -0.25) is 0 Å². The molecule has 0 aromatic carbocycles. The van der Waals surface area contributed by atoms with Crippen LogP contribution < -0.4 is 0 Å². The molecule has 0 aliphatic carbocycles. The molecule has 0 radical (unpaired) electrons. The van der Waals surface area contributed by atoms with E-state index >= 15 is 0 Å². The van der Waals surface area contributed by atoms with Crippen LogP contribution in [0, 0.1) is 0 Å². The molecule has 1 heterocycles. The summed E-state index contributed by atoms with van der Waals surface area (Å²) in [4.78, 5) is 0. The standard InChI is InChI=1S/C13H26O5/c1-4-14-5-2-7-16-11-13-18-9-3-8-17-12-10-15-6-1/h1-13H2. The fourth-order valence-electron chi connectivity index (χ4n) is 1.54. The smallest absolute Gasteiger partial charge is 0.0700 e. The summed E-state index contributed by atoms with van der Waals surface area (Å²) in [6, 6.07) is 0. The van der Waals surface area contributed by atoms with Crippen molar-refractivity contribution in [2.24, 2.45) is 0 Å². The summed E-state index contributed by atoms with van der Waals surface area (Å²) in [5, 5.41) is 0. The van der Waals surface area contributed by atoms with E-state index in [0.29, 0.717) is 26.4 Å². The van der Waals surface area contributed by atoms with Gasteiger partial charge in [0.05, 0.1) is 26.4 Å². The third-order valence-electron chi connectivity index (χ3n) is 2.48. The molecular weight excluding hydrogens is 236 g/mol. The maximum absolute atomic E-state index is 5.46. The van der Waals surface area contributed by atoms with Crippen LogP contribution >= 0.6 is 0 Å². The predicted octanol–water partition coefficient (Wildman–Crippen LogP) is 1.25. The van der Waals surface area contributed by atoms with Crippen LogP contribution in [0.25, 0.3) is 0 Å². The average Bonchev–Trinajstić information content (AvgIpc) is 2.39. The zero-order chi connectivity index (χ0) is 12.7. The van der Waals surface area contributed by atoms with E-state index in [1.807, 2.05) is 0 Å². The summed E-state index contributed by atoms with van der Waals surface area (Å²) in [7, 11) is 0. The van der Waals surface area contributed by atoms with E-state index in [4.69, 9.17) is 23.7 Å². The topological polar surface area (TPSA) is 46.2 Å². The lowest BCUT2D eigenvalue weighted by atomic mass is 10.4. The van der Waals surface area contributed by atoms with Gasteiger partial charge in [0, 0.05) is 39.6 Å². The molecular formula is C13H26O5. The van der Waals surface area contributed by atoms with E-state index < -0.39 is 0 Å². The van der Waals surface area contributed by atoms with Crippen molar-refractivity contribution in [1.29, 1.82) is 0 Å². The minimum atomic E-state index is 0.657. The van der Waals surface area contributed by atoms with Crippen molar-refractivity contribution in [1.82, 2.24) is 0 Å². The Hall–Kier alpha value is -0.200. The van der Waals surface area contributed by atoms with Crippen molar-refractivity contribution < 1.29 is 23.7 Å². The lowest BCUT2D eigenvalue weighted by molar-refractivity contribution is 0.00779. The van der Waals surface area contributed by atoms with Gasteiger partial charge in [-0.1, -0.05) is 0 Å². The predicted molar refractivity (Wildman–Crippen MR) is 67.9 cm³/mol. The SMILES string of the molecule is C1COCCCOCCOCCCOCCOC1. The maximum Gasteiger partial charge on any atom is 0.0700 e. The first-order valence-electron chi connectivity index (χ1n) is 6.89. The van der Waals surface area contributed by atoms with Gasteiger partial charge in [-0.15, -0.1) is 0 Å². The van der Waals surface area contributed by atoms with Gasteiger partial charge in [-0.2, -0.15) is 0 Å². The molecule has 108 valence electrons. The Balaban J connectivity index is 2.00. The molecule has 0 amide bonds. The first-order valence-corrected chi connectivity index (χ1v) is 6.89. The number of hydrogen-bond donors (Lipinski definition) is 0. The van der Waals surface area contributed by atoms with E-state index in [-0.39, 0.29) is 0 Å². The van der Waals surface area contributed by atoms with Gasteiger partial charge < -0.3 is 23.7 Å². The average molecular weight is 262 g/mol. The molecule has 18 heavy (non-hydrogen) atoms. The zero-order valence-electron chi connectivity index (χ0n) is 11.2. The normalized spacial score (nSPS) is 24.0. The molecule has 5 heteroatoms. The molecule has 1 saturated heterocycles. The van der Waals surface area contributed by atoms with Crippen LogP contribution in [-0.4, -0.2) is 66.1 Å². The highest BCUT2D eigenvalue weighted by atomic mass is 16.5. The molecule has 0 bridgehead atoms. The highest BCUT2D eigenvalue weighted by molar-refractivity contribution is 4.41. The summed E-state index contributed by atoms with van der Waals surface area (Å²) in [6.45, 7) is 7.08.